The number of carbonyl (C=O) groups is 1. The number of aromatic nitrogens is 1. The van der Waals surface area contributed by atoms with E-state index in [1.807, 2.05) is 18.3 Å². The molecule has 1 fully saturated rings. The summed E-state index contributed by atoms with van der Waals surface area (Å²) in [5.74, 6) is -0.332. The van der Waals surface area contributed by atoms with Crippen molar-refractivity contribution in [1.82, 2.24) is 10.3 Å². The maximum absolute atomic E-state index is 11.2. The lowest BCUT2D eigenvalue weighted by atomic mass is 9.80. The first kappa shape index (κ1) is 16.8. The molecule has 24 heavy (non-hydrogen) atoms. The Balaban J connectivity index is 1.79. The van der Waals surface area contributed by atoms with Crippen LogP contribution in [0.2, 0.25) is 0 Å². The monoisotopic (exact) mass is 326 g/mol. The van der Waals surface area contributed by atoms with Crippen molar-refractivity contribution < 1.29 is 4.79 Å². The van der Waals surface area contributed by atoms with Crippen LogP contribution in [0.3, 0.4) is 0 Å². The molecule has 1 unspecified atom stereocenters. The molecule has 3 N–H and O–H groups in total. The lowest BCUT2D eigenvalue weighted by molar-refractivity contribution is -0.116. The molecule has 0 bridgehead atoms. The number of carbonyl (C=O) groups excluding carboxylic acids is 1. The van der Waals surface area contributed by atoms with Crippen molar-refractivity contribution in [3.05, 3.63) is 41.7 Å². The normalized spacial score (nSPS) is 30.0. The molecule has 1 aromatic rings. The van der Waals surface area contributed by atoms with Crippen LogP contribution < -0.4 is 11.1 Å². The molecule has 0 spiro atoms. The Bertz CT molecular complexity index is 682. The third-order valence-electron chi connectivity index (χ3n) is 5.11. The first-order valence-electron chi connectivity index (χ1n) is 8.69. The Hall–Kier alpha value is -2.01. The molecular weight excluding hydrogens is 300 g/mol. The van der Waals surface area contributed by atoms with Crippen molar-refractivity contribution in [3.63, 3.8) is 0 Å². The minimum absolute atomic E-state index is 0.210. The van der Waals surface area contributed by atoms with Crippen molar-refractivity contribution >= 4 is 11.6 Å². The van der Waals surface area contributed by atoms with Crippen LogP contribution in [0.4, 0.5) is 0 Å². The number of nitrogens with zero attached hydrogens (tertiary/aromatic N) is 2. The fourth-order valence-corrected chi connectivity index (χ4v) is 3.85. The Labute approximate surface area is 143 Å². The van der Waals surface area contributed by atoms with Crippen molar-refractivity contribution in [2.24, 2.45) is 10.7 Å². The van der Waals surface area contributed by atoms with Crippen molar-refractivity contribution in [1.29, 1.82) is 0 Å². The van der Waals surface area contributed by atoms with Crippen LogP contribution in [-0.4, -0.2) is 28.2 Å². The number of allylic oxidation sites excluding steroid dienone is 1. The number of nitrogens with one attached hydrogen (secondary N) is 1. The van der Waals surface area contributed by atoms with Gasteiger partial charge in [-0.05, 0) is 57.2 Å². The smallest absolute Gasteiger partial charge is 0.223 e. The molecule has 3 heterocycles. The van der Waals surface area contributed by atoms with Crippen LogP contribution in [0.5, 0.6) is 0 Å². The van der Waals surface area contributed by atoms with Gasteiger partial charge >= 0.3 is 0 Å². The molecule has 2 aliphatic rings. The zero-order valence-corrected chi connectivity index (χ0v) is 14.5. The first-order chi connectivity index (χ1) is 11.5. The number of dihydropyridines is 1. The van der Waals surface area contributed by atoms with E-state index in [-0.39, 0.29) is 30.0 Å². The number of hydrogen-bond donors (Lipinski definition) is 2. The van der Waals surface area contributed by atoms with Gasteiger partial charge in [0.15, 0.2) is 0 Å². The van der Waals surface area contributed by atoms with Gasteiger partial charge in [0, 0.05) is 18.0 Å². The van der Waals surface area contributed by atoms with Gasteiger partial charge in [0.1, 0.15) is 0 Å². The summed E-state index contributed by atoms with van der Waals surface area (Å²) in [5.41, 5.74) is 8.24. The van der Waals surface area contributed by atoms with E-state index in [2.05, 4.69) is 36.3 Å². The minimum atomic E-state index is -0.332. The lowest BCUT2D eigenvalue weighted by Gasteiger charge is -2.42. The van der Waals surface area contributed by atoms with Gasteiger partial charge in [-0.25, -0.2) is 0 Å². The summed E-state index contributed by atoms with van der Waals surface area (Å²) in [5, 5.41) is 3.78. The molecule has 1 aromatic heterocycles. The highest BCUT2D eigenvalue weighted by molar-refractivity contribution is 6.07. The maximum Gasteiger partial charge on any atom is 0.223 e. The van der Waals surface area contributed by atoms with E-state index >= 15 is 0 Å². The van der Waals surface area contributed by atoms with Gasteiger partial charge in [-0.1, -0.05) is 12.1 Å². The third-order valence-corrected chi connectivity index (χ3v) is 5.11. The molecule has 3 rings (SSSR count). The number of amides is 1. The summed E-state index contributed by atoms with van der Waals surface area (Å²) in [6, 6.07) is 4.63. The van der Waals surface area contributed by atoms with Crippen molar-refractivity contribution in [2.45, 2.75) is 63.6 Å². The quantitative estimate of drug-likeness (QED) is 0.892. The van der Waals surface area contributed by atoms with Crippen LogP contribution in [0.15, 0.2) is 35.5 Å². The second-order valence-electron chi connectivity index (χ2n) is 7.12. The number of aryl methyl sites for hydroxylation is 1. The Morgan fingerprint density at radius 2 is 2.29 bits per heavy atom. The highest BCUT2D eigenvalue weighted by atomic mass is 16.1. The summed E-state index contributed by atoms with van der Waals surface area (Å²) in [6.07, 6.45) is 10.3. The Morgan fingerprint density at radius 3 is 3.04 bits per heavy atom. The van der Waals surface area contributed by atoms with E-state index in [1.54, 1.807) is 0 Å². The molecule has 3 atom stereocenters. The molecule has 128 valence electrons. The van der Waals surface area contributed by atoms with E-state index in [0.717, 1.165) is 37.1 Å². The predicted molar refractivity (Wildman–Crippen MR) is 95.9 cm³/mol. The van der Waals surface area contributed by atoms with E-state index < -0.39 is 0 Å². The van der Waals surface area contributed by atoms with Gasteiger partial charge in [-0.3, -0.25) is 14.8 Å². The molecular formula is C19H26N4O. The number of hydrogen-bond acceptors (Lipinski definition) is 4. The first-order valence-corrected chi connectivity index (χ1v) is 8.69. The zero-order valence-electron chi connectivity index (χ0n) is 14.5. The number of rotatable bonds is 4. The minimum Gasteiger partial charge on any atom is -0.369 e. The molecule has 5 nitrogen and oxygen atoms in total. The SMILES string of the molecule is Cc1cccnc1[C@@H]1CCC[C@H](C2(C)CC=CC(CC(N)=O)=N2)N1. The van der Waals surface area contributed by atoms with Gasteiger partial charge < -0.3 is 11.1 Å². The highest BCUT2D eigenvalue weighted by Crippen LogP contribution is 2.35. The molecule has 0 radical (unpaired) electrons. The number of nitrogens with two attached hydrogens (primary N) is 1. The molecule has 0 aromatic carbocycles. The summed E-state index contributed by atoms with van der Waals surface area (Å²) in [4.78, 5) is 20.7. The molecule has 0 aliphatic carbocycles. The third kappa shape index (κ3) is 3.56. The number of primary amides is 1. The summed E-state index contributed by atoms with van der Waals surface area (Å²) < 4.78 is 0. The predicted octanol–water partition coefficient (Wildman–Crippen LogP) is 2.61. The molecule has 1 amide bonds. The Kier molecular flexibility index (Phi) is 4.81. The van der Waals surface area contributed by atoms with Gasteiger partial charge in [-0.15, -0.1) is 0 Å². The van der Waals surface area contributed by atoms with Crippen LogP contribution in [0.25, 0.3) is 0 Å². The van der Waals surface area contributed by atoms with Gasteiger partial charge in [0.25, 0.3) is 0 Å². The van der Waals surface area contributed by atoms with Crippen molar-refractivity contribution in [2.75, 3.05) is 0 Å². The molecule has 5 heteroatoms. The fourth-order valence-electron chi connectivity index (χ4n) is 3.85. The maximum atomic E-state index is 11.2. The molecule has 0 saturated carbocycles. The largest absolute Gasteiger partial charge is 0.369 e. The van der Waals surface area contributed by atoms with E-state index in [1.165, 1.54) is 5.56 Å². The molecule has 2 aliphatic heterocycles. The lowest BCUT2D eigenvalue weighted by Crippen LogP contribution is -2.52. The number of piperidine rings is 1. The van der Waals surface area contributed by atoms with Crippen molar-refractivity contribution in [3.8, 4) is 0 Å². The van der Waals surface area contributed by atoms with Gasteiger partial charge in [0.05, 0.1) is 23.7 Å². The number of aliphatic imine (C=N–C) groups is 1. The highest BCUT2D eigenvalue weighted by Gasteiger charge is 2.38. The molecule has 1 saturated heterocycles. The van der Waals surface area contributed by atoms with E-state index in [0.29, 0.717) is 0 Å². The van der Waals surface area contributed by atoms with Crippen LogP contribution >= 0.6 is 0 Å². The van der Waals surface area contributed by atoms with E-state index in [4.69, 9.17) is 10.7 Å². The van der Waals surface area contributed by atoms with Gasteiger partial charge in [-0.2, -0.15) is 0 Å². The summed E-state index contributed by atoms with van der Waals surface area (Å²) in [6.45, 7) is 4.28. The Morgan fingerprint density at radius 1 is 1.46 bits per heavy atom. The zero-order chi connectivity index (χ0) is 17.2. The summed E-state index contributed by atoms with van der Waals surface area (Å²) in [7, 11) is 0. The number of pyridine rings is 1. The second-order valence-corrected chi connectivity index (χ2v) is 7.12. The second kappa shape index (κ2) is 6.85. The van der Waals surface area contributed by atoms with Crippen LogP contribution in [-0.2, 0) is 4.79 Å². The standard InChI is InChI=1S/C19H26N4O/c1-13-6-5-11-21-18(13)15-8-3-9-16(22-15)19(2)10-4-7-14(23-19)12-17(20)24/h4-7,11,15-16,22H,3,8-10,12H2,1-2H3,(H2,20,24)/t15-,16+,19?/m0/s1. The van der Waals surface area contributed by atoms with Crippen LogP contribution in [0.1, 0.15) is 56.3 Å². The fraction of sp³-hybridized carbons (Fsp3) is 0.526. The van der Waals surface area contributed by atoms with Crippen LogP contribution in [0, 0.1) is 6.92 Å². The average Bonchev–Trinajstić information content (AvgIpc) is 2.55. The average molecular weight is 326 g/mol. The van der Waals surface area contributed by atoms with Gasteiger partial charge in [0.2, 0.25) is 5.91 Å². The summed E-state index contributed by atoms with van der Waals surface area (Å²) >= 11 is 0. The topological polar surface area (TPSA) is 80.4 Å². The van der Waals surface area contributed by atoms with E-state index in [9.17, 15) is 4.79 Å².